The fourth-order valence-corrected chi connectivity index (χ4v) is 2.27. The van der Waals surface area contributed by atoms with Gasteiger partial charge in [-0.25, -0.2) is 0 Å². The highest BCUT2D eigenvalue weighted by atomic mass is 35.5. The Bertz CT molecular complexity index is 401. The van der Waals surface area contributed by atoms with Crippen molar-refractivity contribution in [2.45, 2.75) is 32.0 Å². The minimum atomic E-state index is -0.423. The van der Waals surface area contributed by atoms with Gasteiger partial charge in [-0.05, 0) is 18.9 Å². The summed E-state index contributed by atoms with van der Waals surface area (Å²) in [6.07, 6.45) is 1.01. The summed E-state index contributed by atoms with van der Waals surface area (Å²) in [5.41, 5.74) is 6.86. The van der Waals surface area contributed by atoms with E-state index in [2.05, 4.69) is 34.5 Å². The minimum absolute atomic E-state index is 0. The third-order valence-corrected chi connectivity index (χ3v) is 3.28. The van der Waals surface area contributed by atoms with E-state index in [-0.39, 0.29) is 36.8 Å². The number of carbonyl (C=O) groups excluding carboxylic acids is 1. The van der Waals surface area contributed by atoms with E-state index in [1.165, 1.54) is 5.56 Å². The maximum absolute atomic E-state index is 11.5. The SMILES string of the molecule is C[C@@H](N)C(=O)NC1CCN(Cc2ccccc2)C1.Cl.Cl. The second-order valence-electron chi connectivity index (χ2n) is 5.00. The molecule has 1 aromatic rings. The second-order valence-corrected chi connectivity index (χ2v) is 5.00. The molecule has 1 heterocycles. The van der Waals surface area contributed by atoms with E-state index in [4.69, 9.17) is 5.73 Å². The number of nitrogens with one attached hydrogen (secondary N) is 1. The van der Waals surface area contributed by atoms with Crippen molar-refractivity contribution in [3.05, 3.63) is 35.9 Å². The van der Waals surface area contributed by atoms with Gasteiger partial charge < -0.3 is 11.1 Å². The van der Waals surface area contributed by atoms with Gasteiger partial charge >= 0.3 is 0 Å². The molecule has 1 saturated heterocycles. The Labute approximate surface area is 132 Å². The normalized spacial score (nSPS) is 19.6. The maximum Gasteiger partial charge on any atom is 0.236 e. The number of nitrogens with two attached hydrogens (primary N) is 1. The number of halogens is 2. The van der Waals surface area contributed by atoms with Gasteiger partial charge in [0.25, 0.3) is 0 Å². The number of nitrogens with zero attached hydrogens (tertiary/aromatic N) is 1. The van der Waals surface area contributed by atoms with Gasteiger partial charge in [-0.1, -0.05) is 30.3 Å². The Kier molecular flexibility index (Phi) is 8.81. The summed E-state index contributed by atoms with van der Waals surface area (Å²) < 4.78 is 0. The molecule has 0 radical (unpaired) electrons. The number of hydrogen-bond acceptors (Lipinski definition) is 3. The summed E-state index contributed by atoms with van der Waals surface area (Å²) in [5.74, 6) is -0.0541. The summed E-state index contributed by atoms with van der Waals surface area (Å²) in [7, 11) is 0. The van der Waals surface area contributed by atoms with Crippen molar-refractivity contribution in [3.8, 4) is 0 Å². The molecule has 1 aliphatic rings. The molecule has 0 bridgehead atoms. The van der Waals surface area contributed by atoms with Gasteiger partial charge in [-0.2, -0.15) is 0 Å². The summed E-state index contributed by atoms with van der Waals surface area (Å²) in [6, 6.07) is 10.2. The zero-order valence-corrected chi connectivity index (χ0v) is 13.3. The number of likely N-dealkylation sites (tertiary alicyclic amines) is 1. The van der Waals surface area contributed by atoms with E-state index in [1.54, 1.807) is 6.92 Å². The molecule has 2 atom stereocenters. The van der Waals surface area contributed by atoms with Crippen LogP contribution in [0.5, 0.6) is 0 Å². The zero-order valence-electron chi connectivity index (χ0n) is 11.6. The average molecular weight is 320 g/mol. The lowest BCUT2D eigenvalue weighted by Gasteiger charge is -2.17. The van der Waals surface area contributed by atoms with E-state index in [0.29, 0.717) is 0 Å². The van der Waals surface area contributed by atoms with Gasteiger partial charge in [-0.15, -0.1) is 24.8 Å². The molecule has 0 saturated carbocycles. The standard InChI is InChI=1S/C14H21N3O.2ClH/c1-11(15)14(18)16-13-7-8-17(10-13)9-12-5-3-2-4-6-12;;/h2-6,11,13H,7-10,15H2,1H3,(H,16,18);2*1H/t11-,13?;;/m1../s1. The third kappa shape index (κ3) is 5.67. The molecular weight excluding hydrogens is 297 g/mol. The van der Waals surface area contributed by atoms with Gasteiger partial charge in [0.05, 0.1) is 6.04 Å². The highest BCUT2D eigenvalue weighted by molar-refractivity contribution is 5.85. The van der Waals surface area contributed by atoms with Crippen LogP contribution in [0.4, 0.5) is 0 Å². The Hall–Kier alpha value is -0.810. The highest BCUT2D eigenvalue weighted by Gasteiger charge is 2.24. The predicted molar refractivity (Wildman–Crippen MR) is 86.4 cm³/mol. The Morgan fingerprint density at radius 2 is 2.05 bits per heavy atom. The molecule has 1 aromatic carbocycles. The molecule has 4 nitrogen and oxygen atoms in total. The lowest BCUT2D eigenvalue weighted by molar-refractivity contribution is -0.122. The largest absolute Gasteiger partial charge is 0.351 e. The van der Waals surface area contributed by atoms with E-state index in [0.717, 1.165) is 26.1 Å². The molecule has 1 aliphatic heterocycles. The van der Waals surface area contributed by atoms with Gasteiger partial charge in [-0.3, -0.25) is 9.69 Å². The first-order valence-corrected chi connectivity index (χ1v) is 6.47. The van der Waals surface area contributed by atoms with Gasteiger partial charge in [0.1, 0.15) is 0 Å². The quantitative estimate of drug-likeness (QED) is 0.885. The van der Waals surface area contributed by atoms with E-state index in [9.17, 15) is 4.79 Å². The Balaban J connectivity index is 0.00000180. The molecule has 114 valence electrons. The van der Waals surface area contributed by atoms with Crippen LogP contribution in [0.25, 0.3) is 0 Å². The second kappa shape index (κ2) is 9.19. The van der Waals surface area contributed by atoms with Crippen LogP contribution in [0.3, 0.4) is 0 Å². The van der Waals surface area contributed by atoms with Crippen LogP contribution in [-0.4, -0.2) is 36.0 Å². The average Bonchev–Trinajstić information content (AvgIpc) is 2.77. The van der Waals surface area contributed by atoms with Crippen molar-refractivity contribution in [2.24, 2.45) is 5.73 Å². The van der Waals surface area contributed by atoms with Gasteiger partial charge in [0.2, 0.25) is 5.91 Å². The number of benzene rings is 1. The molecule has 1 fully saturated rings. The van der Waals surface area contributed by atoms with Crippen molar-refractivity contribution in [1.82, 2.24) is 10.2 Å². The summed E-state index contributed by atoms with van der Waals surface area (Å²) in [6.45, 7) is 4.60. The molecule has 3 N–H and O–H groups in total. The topological polar surface area (TPSA) is 58.4 Å². The summed E-state index contributed by atoms with van der Waals surface area (Å²) in [4.78, 5) is 13.9. The highest BCUT2D eigenvalue weighted by Crippen LogP contribution is 2.13. The molecule has 2 rings (SSSR count). The molecular formula is C14H23Cl2N3O. The van der Waals surface area contributed by atoms with Crippen LogP contribution in [-0.2, 0) is 11.3 Å². The number of carbonyl (C=O) groups is 1. The van der Waals surface area contributed by atoms with E-state index >= 15 is 0 Å². The molecule has 1 amide bonds. The van der Waals surface area contributed by atoms with Crippen molar-refractivity contribution in [3.63, 3.8) is 0 Å². The van der Waals surface area contributed by atoms with Crippen LogP contribution >= 0.6 is 24.8 Å². The summed E-state index contributed by atoms with van der Waals surface area (Å²) in [5, 5.41) is 2.99. The molecule has 20 heavy (non-hydrogen) atoms. The maximum atomic E-state index is 11.5. The first kappa shape index (κ1) is 19.2. The molecule has 0 spiro atoms. The first-order valence-electron chi connectivity index (χ1n) is 6.47. The van der Waals surface area contributed by atoms with Crippen molar-refractivity contribution in [2.75, 3.05) is 13.1 Å². The van der Waals surface area contributed by atoms with E-state index < -0.39 is 6.04 Å². The third-order valence-electron chi connectivity index (χ3n) is 3.28. The fraction of sp³-hybridized carbons (Fsp3) is 0.500. The molecule has 0 aliphatic carbocycles. The lowest BCUT2D eigenvalue weighted by atomic mass is 10.2. The Morgan fingerprint density at radius 1 is 1.40 bits per heavy atom. The zero-order chi connectivity index (χ0) is 13.0. The van der Waals surface area contributed by atoms with Crippen molar-refractivity contribution >= 4 is 30.7 Å². The van der Waals surface area contributed by atoms with E-state index in [1.807, 2.05) is 6.07 Å². The fourth-order valence-electron chi connectivity index (χ4n) is 2.27. The Morgan fingerprint density at radius 3 is 2.65 bits per heavy atom. The molecule has 0 aromatic heterocycles. The smallest absolute Gasteiger partial charge is 0.236 e. The lowest BCUT2D eigenvalue weighted by Crippen LogP contribution is -2.44. The number of amides is 1. The molecule has 6 heteroatoms. The van der Waals surface area contributed by atoms with Crippen LogP contribution in [0.15, 0.2) is 30.3 Å². The van der Waals surface area contributed by atoms with Crippen LogP contribution in [0, 0.1) is 0 Å². The number of rotatable bonds is 4. The van der Waals surface area contributed by atoms with Crippen LogP contribution < -0.4 is 11.1 Å². The van der Waals surface area contributed by atoms with Crippen molar-refractivity contribution < 1.29 is 4.79 Å². The monoisotopic (exact) mass is 319 g/mol. The molecule has 1 unspecified atom stereocenters. The van der Waals surface area contributed by atoms with Crippen molar-refractivity contribution in [1.29, 1.82) is 0 Å². The first-order chi connectivity index (χ1) is 8.65. The predicted octanol–water partition coefficient (Wildman–Crippen LogP) is 1.57. The minimum Gasteiger partial charge on any atom is -0.351 e. The van der Waals surface area contributed by atoms with Gasteiger partial charge in [0, 0.05) is 25.7 Å². The van der Waals surface area contributed by atoms with Gasteiger partial charge in [0.15, 0.2) is 0 Å². The number of hydrogen-bond donors (Lipinski definition) is 2. The van der Waals surface area contributed by atoms with Crippen LogP contribution in [0.1, 0.15) is 18.9 Å². The summed E-state index contributed by atoms with van der Waals surface area (Å²) >= 11 is 0. The van der Waals surface area contributed by atoms with Crippen LogP contribution in [0.2, 0.25) is 0 Å².